The van der Waals surface area contributed by atoms with E-state index in [1.807, 2.05) is 42.5 Å². The Bertz CT molecular complexity index is 1270. The summed E-state index contributed by atoms with van der Waals surface area (Å²) in [5, 5.41) is 5.20. The molecule has 2 heterocycles. The van der Waals surface area contributed by atoms with Crippen molar-refractivity contribution in [1.29, 1.82) is 0 Å². The minimum atomic E-state index is -0.134. The molecule has 0 saturated heterocycles. The predicted molar refractivity (Wildman–Crippen MR) is 149 cm³/mol. The lowest BCUT2D eigenvalue weighted by Gasteiger charge is -2.21. The topological polar surface area (TPSA) is 70.2 Å². The fourth-order valence-corrected chi connectivity index (χ4v) is 4.61. The molecule has 0 aliphatic rings. The van der Waals surface area contributed by atoms with Crippen molar-refractivity contribution in [3.05, 3.63) is 60.3 Å². The van der Waals surface area contributed by atoms with Gasteiger partial charge in [-0.15, -0.1) is 0 Å². The van der Waals surface area contributed by atoms with Gasteiger partial charge in [-0.1, -0.05) is 44.9 Å². The van der Waals surface area contributed by atoms with Crippen LogP contribution in [0.1, 0.15) is 56.4 Å². The number of H-pyrrole nitrogens is 1. The summed E-state index contributed by atoms with van der Waals surface area (Å²) in [5.74, 6) is 0.651. The van der Waals surface area contributed by atoms with Crippen LogP contribution in [0.2, 0.25) is 0 Å². The first-order valence-corrected chi connectivity index (χ1v) is 13.2. The maximum atomic E-state index is 13.2. The van der Waals surface area contributed by atoms with Gasteiger partial charge in [0.2, 0.25) is 0 Å². The molecule has 2 aromatic carbocycles. The van der Waals surface area contributed by atoms with Crippen LogP contribution in [0.5, 0.6) is 5.75 Å². The van der Waals surface area contributed by atoms with Crippen LogP contribution >= 0.6 is 0 Å². The number of ether oxygens (including phenoxy) is 1. The van der Waals surface area contributed by atoms with Gasteiger partial charge in [0.15, 0.2) is 0 Å². The second-order valence-corrected chi connectivity index (χ2v) is 9.34. The molecule has 0 aliphatic carbocycles. The number of fused-ring (bicyclic) bond motifs is 3. The number of aromatic nitrogens is 2. The van der Waals surface area contributed by atoms with Gasteiger partial charge in [-0.3, -0.25) is 4.79 Å². The molecule has 36 heavy (non-hydrogen) atoms. The second-order valence-electron chi connectivity index (χ2n) is 9.34. The fraction of sp³-hybridized carbons (Fsp3) is 0.400. The van der Waals surface area contributed by atoms with Crippen molar-refractivity contribution < 1.29 is 9.53 Å². The number of nitrogens with zero attached hydrogens (tertiary/aromatic N) is 2. The minimum absolute atomic E-state index is 0.134. The van der Waals surface area contributed by atoms with Gasteiger partial charge in [-0.05, 0) is 75.3 Å². The van der Waals surface area contributed by atoms with Crippen LogP contribution in [0.15, 0.2) is 54.6 Å². The van der Waals surface area contributed by atoms with Crippen LogP contribution in [0.3, 0.4) is 0 Å². The average molecular weight is 487 g/mol. The third kappa shape index (κ3) is 6.05. The quantitative estimate of drug-likeness (QED) is 0.214. The number of amides is 1. The van der Waals surface area contributed by atoms with Gasteiger partial charge in [0.05, 0.1) is 18.3 Å². The predicted octanol–water partition coefficient (Wildman–Crippen LogP) is 6.41. The van der Waals surface area contributed by atoms with Crippen molar-refractivity contribution in [3.8, 4) is 17.0 Å². The Morgan fingerprint density at radius 3 is 2.33 bits per heavy atom. The number of nitrogens with one attached hydrogen (secondary N) is 2. The molecular weight excluding hydrogens is 448 g/mol. The van der Waals surface area contributed by atoms with Crippen molar-refractivity contribution >= 4 is 27.7 Å². The standard InChI is InChI=1S/C30H38N4O2/c1-4-6-18-34(19-7-5-2)20-10-17-31-30(35)27-21-25-24-11-8-9-12-26(24)32-29(25)28(33-27)22-13-15-23(36-3)16-14-22/h8-9,11-16,21,32H,4-7,10,17-20H2,1-3H3,(H,31,35). The van der Waals surface area contributed by atoms with E-state index in [1.165, 1.54) is 25.7 Å². The number of aromatic amines is 1. The highest BCUT2D eigenvalue weighted by atomic mass is 16.5. The molecule has 6 heteroatoms. The maximum Gasteiger partial charge on any atom is 0.269 e. The number of hydrogen-bond acceptors (Lipinski definition) is 4. The molecule has 190 valence electrons. The number of methoxy groups -OCH3 is 1. The van der Waals surface area contributed by atoms with E-state index in [4.69, 9.17) is 9.72 Å². The van der Waals surface area contributed by atoms with Crippen LogP contribution < -0.4 is 10.1 Å². The molecule has 2 aromatic heterocycles. The van der Waals surface area contributed by atoms with Crippen molar-refractivity contribution in [2.45, 2.75) is 46.0 Å². The molecule has 0 spiro atoms. The highest BCUT2D eigenvalue weighted by molar-refractivity contribution is 6.13. The van der Waals surface area contributed by atoms with Crippen molar-refractivity contribution in [1.82, 2.24) is 20.2 Å². The number of unbranched alkanes of at least 4 members (excludes halogenated alkanes) is 2. The number of benzene rings is 2. The van der Waals surface area contributed by atoms with Crippen LogP contribution in [0, 0.1) is 0 Å². The zero-order valence-corrected chi connectivity index (χ0v) is 21.8. The smallest absolute Gasteiger partial charge is 0.269 e. The van der Waals surface area contributed by atoms with Crippen LogP contribution in [-0.4, -0.2) is 54.1 Å². The van der Waals surface area contributed by atoms with Crippen molar-refractivity contribution in [3.63, 3.8) is 0 Å². The molecule has 0 aliphatic heterocycles. The van der Waals surface area contributed by atoms with Gasteiger partial charge in [0, 0.05) is 28.4 Å². The number of carbonyl (C=O) groups excluding carboxylic acids is 1. The molecule has 0 saturated carbocycles. The van der Waals surface area contributed by atoms with E-state index < -0.39 is 0 Å². The normalized spacial score (nSPS) is 11.4. The van der Waals surface area contributed by atoms with E-state index in [9.17, 15) is 4.79 Å². The zero-order chi connectivity index (χ0) is 25.3. The summed E-state index contributed by atoms with van der Waals surface area (Å²) in [6.07, 6.45) is 5.78. The summed E-state index contributed by atoms with van der Waals surface area (Å²) in [7, 11) is 1.65. The Morgan fingerprint density at radius 1 is 0.944 bits per heavy atom. The summed E-state index contributed by atoms with van der Waals surface area (Å²) in [6.45, 7) is 8.38. The largest absolute Gasteiger partial charge is 0.497 e. The lowest BCUT2D eigenvalue weighted by atomic mass is 10.1. The third-order valence-corrected chi connectivity index (χ3v) is 6.68. The fourth-order valence-electron chi connectivity index (χ4n) is 4.61. The van der Waals surface area contributed by atoms with Crippen molar-refractivity contribution in [2.24, 2.45) is 0 Å². The van der Waals surface area contributed by atoms with E-state index in [0.29, 0.717) is 12.2 Å². The van der Waals surface area contributed by atoms with Gasteiger partial charge < -0.3 is 19.9 Å². The highest BCUT2D eigenvalue weighted by Crippen LogP contribution is 2.33. The van der Waals surface area contributed by atoms with Gasteiger partial charge in [0.1, 0.15) is 11.4 Å². The van der Waals surface area contributed by atoms with Crippen LogP contribution in [0.4, 0.5) is 0 Å². The Morgan fingerprint density at radius 2 is 1.64 bits per heavy atom. The first kappa shape index (κ1) is 25.7. The van der Waals surface area contributed by atoms with Gasteiger partial charge in [-0.2, -0.15) is 0 Å². The summed E-state index contributed by atoms with van der Waals surface area (Å²) in [5.41, 5.74) is 4.10. The second kappa shape index (κ2) is 12.5. The number of pyridine rings is 1. The molecule has 4 aromatic rings. The summed E-state index contributed by atoms with van der Waals surface area (Å²) in [4.78, 5) is 24.1. The minimum Gasteiger partial charge on any atom is -0.497 e. The third-order valence-electron chi connectivity index (χ3n) is 6.68. The Balaban J connectivity index is 1.54. The lowest BCUT2D eigenvalue weighted by molar-refractivity contribution is 0.0947. The van der Waals surface area contributed by atoms with E-state index in [0.717, 1.165) is 64.9 Å². The number of carbonyl (C=O) groups is 1. The van der Waals surface area contributed by atoms with E-state index in [2.05, 4.69) is 41.2 Å². The molecule has 0 radical (unpaired) electrons. The number of hydrogen-bond donors (Lipinski definition) is 2. The summed E-state index contributed by atoms with van der Waals surface area (Å²) in [6, 6.07) is 17.9. The van der Waals surface area contributed by atoms with Crippen LogP contribution in [0.25, 0.3) is 33.1 Å². The van der Waals surface area contributed by atoms with E-state index in [-0.39, 0.29) is 5.91 Å². The molecule has 4 rings (SSSR count). The molecular formula is C30H38N4O2. The Labute approximate surface area is 214 Å². The monoisotopic (exact) mass is 486 g/mol. The molecule has 0 atom stereocenters. The molecule has 1 amide bonds. The summed E-state index contributed by atoms with van der Waals surface area (Å²) >= 11 is 0. The SMILES string of the molecule is CCCCN(CCCC)CCCNC(=O)c1cc2c([nH]c3ccccc32)c(-c2ccc(OC)cc2)n1. The molecule has 0 fully saturated rings. The summed E-state index contributed by atoms with van der Waals surface area (Å²) < 4.78 is 5.32. The molecule has 0 bridgehead atoms. The van der Waals surface area contributed by atoms with Crippen LogP contribution in [-0.2, 0) is 0 Å². The highest BCUT2D eigenvalue weighted by Gasteiger charge is 2.17. The van der Waals surface area contributed by atoms with Gasteiger partial charge in [-0.25, -0.2) is 4.98 Å². The van der Waals surface area contributed by atoms with Gasteiger partial charge >= 0.3 is 0 Å². The Kier molecular flexibility index (Phi) is 8.95. The maximum absolute atomic E-state index is 13.2. The van der Waals surface area contributed by atoms with E-state index >= 15 is 0 Å². The van der Waals surface area contributed by atoms with E-state index in [1.54, 1.807) is 7.11 Å². The zero-order valence-electron chi connectivity index (χ0n) is 21.8. The number of rotatable bonds is 13. The first-order chi connectivity index (χ1) is 17.6. The molecule has 2 N–H and O–H groups in total. The number of para-hydroxylation sites is 1. The molecule has 6 nitrogen and oxygen atoms in total. The molecule has 0 unspecified atom stereocenters. The lowest BCUT2D eigenvalue weighted by Crippen LogP contribution is -2.31. The first-order valence-electron chi connectivity index (χ1n) is 13.2. The Hall–Kier alpha value is -3.38. The van der Waals surface area contributed by atoms with Gasteiger partial charge in [0.25, 0.3) is 5.91 Å². The van der Waals surface area contributed by atoms with Crippen molar-refractivity contribution in [2.75, 3.05) is 33.3 Å². The average Bonchev–Trinajstić information content (AvgIpc) is 3.30.